The number of ether oxygens (including phenoxy) is 1. The second kappa shape index (κ2) is 11.9. The summed E-state index contributed by atoms with van der Waals surface area (Å²) in [5, 5.41) is 0.831. The number of aromatic nitrogens is 1. The van der Waals surface area contributed by atoms with Gasteiger partial charge in [-0.2, -0.15) is 0 Å². The summed E-state index contributed by atoms with van der Waals surface area (Å²) < 4.78 is 43.9. The number of benzene rings is 2. The Labute approximate surface area is 247 Å². The zero-order valence-electron chi connectivity index (χ0n) is 24.4. The highest BCUT2D eigenvalue weighted by Crippen LogP contribution is 2.37. The fourth-order valence-electron chi connectivity index (χ4n) is 5.55. The average Bonchev–Trinajstić information content (AvgIpc) is 3.12. The minimum atomic E-state index is -5.03. The summed E-state index contributed by atoms with van der Waals surface area (Å²) in [6.07, 6.45) is -2.97. The van der Waals surface area contributed by atoms with Gasteiger partial charge < -0.3 is 19.4 Å². The molecule has 0 radical (unpaired) electrons. The molecule has 9 nitrogen and oxygen atoms in total. The number of halogens is 3. The van der Waals surface area contributed by atoms with Crippen LogP contribution in [0.1, 0.15) is 42.6 Å². The first-order valence-electron chi connectivity index (χ1n) is 14.2. The highest BCUT2D eigenvalue weighted by atomic mass is 19.4. The number of carbonyl (C=O) groups is 3. The first-order valence-corrected chi connectivity index (χ1v) is 14.2. The van der Waals surface area contributed by atoms with Gasteiger partial charge in [0.2, 0.25) is 0 Å². The molecule has 2 aliphatic rings. The lowest BCUT2D eigenvalue weighted by molar-refractivity contribution is -0.274. The maximum Gasteiger partial charge on any atom is 0.573 e. The lowest BCUT2D eigenvalue weighted by Gasteiger charge is -2.32. The molecule has 0 bridgehead atoms. The van der Waals surface area contributed by atoms with Crippen LogP contribution in [0.2, 0.25) is 0 Å². The SMILES string of the molecule is CN1CCN(CCCC(=O)c2cc(N3C(=O)N(Cc4ccnc5ccccc45)C(C)(C)C3=O)ccc2OC(F)(F)F)CC1. The van der Waals surface area contributed by atoms with Crippen molar-refractivity contribution in [1.29, 1.82) is 0 Å². The first-order chi connectivity index (χ1) is 20.3. The number of amides is 3. The van der Waals surface area contributed by atoms with Gasteiger partial charge in [0, 0.05) is 50.7 Å². The summed E-state index contributed by atoms with van der Waals surface area (Å²) in [7, 11) is 2.04. The molecule has 3 amide bonds. The van der Waals surface area contributed by atoms with Crippen molar-refractivity contribution >= 4 is 34.3 Å². The van der Waals surface area contributed by atoms with Gasteiger partial charge in [-0.15, -0.1) is 13.2 Å². The van der Waals surface area contributed by atoms with Gasteiger partial charge in [-0.25, -0.2) is 9.69 Å². The number of hydrogen-bond acceptors (Lipinski definition) is 7. The van der Waals surface area contributed by atoms with E-state index in [0.29, 0.717) is 13.0 Å². The van der Waals surface area contributed by atoms with Gasteiger partial charge in [-0.1, -0.05) is 18.2 Å². The topological polar surface area (TPSA) is 86.3 Å². The van der Waals surface area contributed by atoms with Gasteiger partial charge in [-0.05, 0) is 69.8 Å². The van der Waals surface area contributed by atoms with E-state index in [1.165, 1.54) is 11.0 Å². The number of imide groups is 1. The van der Waals surface area contributed by atoms with Gasteiger partial charge in [0.1, 0.15) is 11.3 Å². The number of rotatable bonds is 9. The predicted octanol–water partition coefficient (Wildman–Crippen LogP) is 5.09. The van der Waals surface area contributed by atoms with Crippen molar-refractivity contribution in [3.8, 4) is 5.75 Å². The zero-order valence-corrected chi connectivity index (χ0v) is 24.4. The second-order valence-electron chi connectivity index (χ2n) is 11.5. The fraction of sp³-hybridized carbons (Fsp3) is 0.419. The number of anilines is 1. The Morgan fingerprint density at radius 3 is 2.47 bits per heavy atom. The van der Waals surface area contributed by atoms with E-state index in [9.17, 15) is 27.6 Å². The van der Waals surface area contributed by atoms with E-state index in [0.717, 1.165) is 59.7 Å². The third-order valence-corrected chi connectivity index (χ3v) is 8.11. The Kier molecular flexibility index (Phi) is 8.44. The van der Waals surface area contributed by atoms with Crippen molar-refractivity contribution in [1.82, 2.24) is 19.7 Å². The minimum absolute atomic E-state index is 0.00195. The molecule has 3 heterocycles. The fourth-order valence-corrected chi connectivity index (χ4v) is 5.55. The van der Waals surface area contributed by atoms with Crippen molar-refractivity contribution in [2.24, 2.45) is 0 Å². The van der Waals surface area contributed by atoms with E-state index in [2.05, 4.69) is 19.5 Å². The normalized spacial score (nSPS) is 18.1. The van der Waals surface area contributed by atoms with Crippen molar-refractivity contribution in [3.05, 3.63) is 65.9 Å². The van der Waals surface area contributed by atoms with Gasteiger partial charge in [0.05, 0.1) is 16.8 Å². The molecule has 2 aliphatic heterocycles. The number of nitrogens with zero attached hydrogens (tertiary/aromatic N) is 5. The molecule has 0 aliphatic carbocycles. The smallest absolute Gasteiger partial charge is 0.405 e. The molecule has 2 fully saturated rings. The average molecular weight is 598 g/mol. The van der Waals surface area contributed by atoms with Crippen LogP contribution < -0.4 is 9.64 Å². The molecule has 0 atom stereocenters. The third-order valence-electron chi connectivity index (χ3n) is 8.11. The molecule has 0 N–H and O–H groups in total. The molecule has 0 spiro atoms. The van der Waals surface area contributed by atoms with Crippen LogP contribution in [0, 0.1) is 0 Å². The number of hydrogen-bond donors (Lipinski definition) is 0. The van der Waals surface area contributed by atoms with Crippen molar-refractivity contribution in [3.63, 3.8) is 0 Å². The number of ketones is 1. The molecule has 43 heavy (non-hydrogen) atoms. The lowest BCUT2D eigenvalue weighted by atomic mass is 10.0. The number of pyridine rings is 1. The molecule has 2 saturated heterocycles. The summed E-state index contributed by atoms with van der Waals surface area (Å²) in [6, 6.07) is 11.9. The van der Waals surface area contributed by atoms with Crippen LogP contribution in [-0.4, -0.2) is 89.1 Å². The molecule has 1 aromatic heterocycles. The Bertz CT molecular complexity index is 1530. The number of alkyl halides is 3. The standard InChI is InChI=1S/C31H34F3N5O4/c1-30(2)28(41)39(29(42)38(30)20-21-12-13-35-25-8-5-4-7-23(21)25)22-10-11-27(43-31(32,33)34)24(19-22)26(40)9-6-14-37-17-15-36(3)16-18-37/h4-5,7-8,10-13,19H,6,9,14-18,20H2,1-3H3. The van der Waals surface area contributed by atoms with Gasteiger partial charge in [-0.3, -0.25) is 14.6 Å². The molecule has 3 aromatic rings. The van der Waals surface area contributed by atoms with Gasteiger partial charge >= 0.3 is 12.4 Å². The first kappa shape index (κ1) is 30.4. The van der Waals surface area contributed by atoms with Crippen LogP contribution in [0.15, 0.2) is 54.7 Å². The summed E-state index contributed by atoms with van der Waals surface area (Å²) in [4.78, 5) is 51.7. The van der Waals surface area contributed by atoms with E-state index < -0.39 is 35.4 Å². The maximum absolute atomic E-state index is 13.7. The Balaban J connectivity index is 1.40. The lowest BCUT2D eigenvalue weighted by Crippen LogP contribution is -2.44. The Hall–Kier alpha value is -4.03. The summed E-state index contributed by atoms with van der Waals surface area (Å²) in [5.41, 5.74) is -0.0716. The Morgan fingerprint density at radius 2 is 1.74 bits per heavy atom. The van der Waals surface area contributed by atoms with E-state index in [1.807, 2.05) is 31.3 Å². The van der Waals surface area contributed by atoms with Crippen molar-refractivity contribution < 1.29 is 32.3 Å². The highest BCUT2D eigenvalue weighted by Gasteiger charge is 2.52. The predicted molar refractivity (Wildman–Crippen MR) is 155 cm³/mol. The quantitative estimate of drug-likeness (QED) is 0.251. The number of piperazine rings is 1. The highest BCUT2D eigenvalue weighted by molar-refractivity contribution is 6.23. The van der Waals surface area contributed by atoms with Crippen LogP contribution in [0.4, 0.5) is 23.7 Å². The minimum Gasteiger partial charge on any atom is -0.405 e. The second-order valence-corrected chi connectivity index (χ2v) is 11.5. The molecule has 0 unspecified atom stereocenters. The Morgan fingerprint density at radius 1 is 1.02 bits per heavy atom. The largest absolute Gasteiger partial charge is 0.573 e. The molecular formula is C31H34F3N5O4. The van der Waals surface area contributed by atoms with E-state index in [1.54, 1.807) is 26.1 Å². The number of urea groups is 1. The molecule has 0 saturated carbocycles. The number of fused-ring (bicyclic) bond motifs is 1. The summed E-state index contributed by atoms with van der Waals surface area (Å²) in [5.74, 6) is -1.79. The third kappa shape index (κ3) is 6.50. The number of para-hydroxylation sites is 1. The van der Waals surface area contributed by atoms with E-state index >= 15 is 0 Å². The van der Waals surface area contributed by atoms with E-state index in [-0.39, 0.29) is 24.2 Å². The number of Topliss-reactive ketones (excluding diaryl/α,β-unsaturated/α-hetero) is 1. The molecule has 12 heteroatoms. The van der Waals surface area contributed by atoms with Gasteiger partial charge in [0.25, 0.3) is 5.91 Å². The summed E-state index contributed by atoms with van der Waals surface area (Å²) >= 11 is 0. The van der Waals surface area contributed by atoms with Crippen molar-refractivity contribution in [2.75, 3.05) is 44.7 Å². The van der Waals surface area contributed by atoms with Crippen LogP contribution >= 0.6 is 0 Å². The molecular weight excluding hydrogens is 563 g/mol. The number of likely N-dealkylation sites (N-methyl/N-ethyl adjacent to an activating group) is 1. The van der Waals surface area contributed by atoms with E-state index in [4.69, 9.17) is 0 Å². The van der Waals surface area contributed by atoms with Gasteiger partial charge in [0.15, 0.2) is 5.78 Å². The van der Waals surface area contributed by atoms with Crippen LogP contribution in [0.3, 0.4) is 0 Å². The van der Waals surface area contributed by atoms with Crippen LogP contribution in [-0.2, 0) is 11.3 Å². The van der Waals surface area contributed by atoms with Crippen LogP contribution in [0.5, 0.6) is 5.75 Å². The molecule has 228 valence electrons. The molecule has 2 aromatic carbocycles. The van der Waals surface area contributed by atoms with Crippen LogP contribution in [0.25, 0.3) is 10.9 Å². The zero-order chi connectivity index (χ0) is 30.9. The number of carbonyl (C=O) groups excluding carboxylic acids is 3. The monoisotopic (exact) mass is 597 g/mol. The summed E-state index contributed by atoms with van der Waals surface area (Å²) in [6.45, 7) is 7.47. The maximum atomic E-state index is 13.7. The molecule has 5 rings (SSSR count). The van der Waals surface area contributed by atoms with Crippen molar-refractivity contribution in [2.45, 2.75) is 45.1 Å².